The predicted molar refractivity (Wildman–Crippen MR) is 153 cm³/mol. The van der Waals surface area contributed by atoms with Crippen molar-refractivity contribution in [3.8, 4) is 5.75 Å². The Balaban J connectivity index is 1.55. The number of nitrogens with one attached hydrogen (secondary N) is 2. The highest BCUT2D eigenvalue weighted by Crippen LogP contribution is 2.47. The highest BCUT2D eigenvalue weighted by atomic mass is 19.3. The zero-order valence-corrected chi connectivity index (χ0v) is 22.9. The fourth-order valence-corrected chi connectivity index (χ4v) is 5.57. The quantitative estimate of drug-likeness (QED) is 0.231. The van der Waals surface area contributed by atoms with E-state index in [2.05, 4.69) is 20.3 Å². The predicted octanol–water partition coefficient (Wildman–Crippen LogP) is 4.69. The average Bonchev–Trinajstić information content (AvgIpc) is 3.54. The van der Waals surface area contributed by atoms with Crippen molar-refractivity contribution >= 4 is 17.1 Å². The molecule has 1 fully saturated rings. The summed E-state index contributed by atoms with van der Waals surface area (Å²) in [5.74, 6) is -3.91. The molecular formula is C31H29F2N5O4. The number of hydrogen-bond acceptors (Lipinski definition) is 7. The first kappa shape index (κ1) is 27.6. The van der Waals surface area contributed by atoms with Gasteiger partial charge in [0.25, 0.3) is 11.5 Å². The second-order valence-electron chi connectivity index (χ2n) is 10.2. The molecule has 1 saturated heterocycles. The maximum Gasteiger partial charge on any atom is 0.297 e. The van der Waals surface area contributed by atoms with Crippen LogP contribution >= 0.6 is 0 Å². The van der Waals surface area contributed by atoms with Crippen LogP contribution in [0.5, 0.6) is 5.75 Å². The van der Waals surface area contributed by atoms with Gasteiger partial charge in [0.05, 0.1) is 32.1 Å². The average molecular weight is 574 g/mol. The number of anilines is 1. The van der Waals surface area contributed by atoms with Gasteiger partial charge in [0.15, 0.2) is 11.2 Å². The number of halogens is 2. The molecule has 3 N–H and O–H groups in total. The van der Waals surface area contributed by atoms with Crippen LogP contribution in [-0.2, 0) is 10.3 Å². The molecule has 3 heterocycles. The van der Waals surface area contributed by atoms with Gasteiger partial charge < -0.3 is 19.9 Å². The molecule has 0 radical (unpaired) electrons. The second-order valence-corrected chi connectivity index (χ2v) is 10.2. The minimum Gasteiger partial charge on any atom is -0.497 e. The number of benzene rings is 3. The molecule has 1 aliphatic rings. The lowest BCUT2D eigenvalue weighted by Gasteiger charge is -2.37. The van der Waals surface area contributed by atoms with Gasteiger partial charge in [0.1, 0.15) is 11.3 Å². The number of H-pyrrole nitrogens is 1. The van der Waals surface area contributed by atoms with Gasteiger partial charge in [-0.1, -0.05) is 79.7 Å². The lowest BCUT2D eigenvalue weighted by Crippen LogP contribution is -2.39. The fraction of sp³-hybridized carbons (Fsp3) is 0.258. The number of alkyl halides is 2. The fourth-order valence-electron chi connectivity index (χ4n) is 5.57. The molecule has 3 atom stereocenters. The van der Waals surface area contributed by atoms with Crippen molar-refractivity contribution in [1.82, 2.24) is 19.5 Å². The summed E-state index contributed by atoms with van der Waals surface area (Å²) in [7, 11) is 1.59. The van der Waals surface area contributed by atoms with Crippen LogP contribution in [0.15, 0.2) is 96.1 Å². The van der Waals surface area contributed by atoms with Crippen LogP contribution in [0, 0.1) is 5.92 Å². The highest BCUT2D eigenvalue weighted by molar-refractivity contribution is 5.71. The Morgan fingerprint density at radius 1 is 1.02 bits per heavy atom. The zero-order valence-electron chi connectivity index (χ0n) is 22.9. The van der Waals surface area contributed by atoms with Crippen molar-refractivity contribution in [2.45, 2.75) is 30.7 Å². The standard InChI is InChI=1S/C31H29F2N5O4/c1-19-24(17-39)42-28(31(19,32)33)38-18-34-25-26(38)35-29(36-27(25)40)37-30(20-9-5-3-6-10-20,21-11-7-4-8-12-21)22-13-15-23(41-2)16-14-22/h3-16,18-19,24,28,39H,17H2,1-2H3,(H2,35,36,37,40)/t19-,24-,28-/m1/s1. The van der Waals surface area contributed by atoms with Crippen molar-refractivity contribution in [2.75, 3.05) is 19.0 Å². The summed E-state index contributed by atoms with van der Waals surface area (Å²) in [6.45, 7) is 0.745. The van der Waals surface area contributed by atoms with Crippen molar-refractivity contribution < 1.29 is 23.4 Å². The summed E-state index contributed by atoms with van der Waals surface area (Å²) >= 11 is 0. The molecule has 42 heavy (non-hydrogen) atoms. The van der Waals surface area contributed by atoms with Gasteiger partial charge in [0.2, 0.25) is 12.2 Å². The molecule has 0 bridgehead atoms. The van der Waals surface area contributed by atoms with Gasteiger partial charge in [-0.25, -0.2) is 13.8 Å². The van der Waals surface area contributed by atoms with E-state index in [4.69, 9.17) is 9.47 Å². The molecule has 2 aromatic heterocycles. The smallest absolute Gasteiger partial charge is 0.297 e. The molecule has 5 aromatic rings. The van der Waals surface area contributed by atoms with Gasteiger partial charge in [-0.05, 0) is 28.8 Å². The van der Waals surface area contributed by atoms with Crippen LogP contribution in [0.3, 0.4) is 0 Å². The molecule has 0 saturated carbocycles. The van der Waals surface area contributed by atoms with Crippen LogP contribution in [0.4, 0.5) is 14.7 Å². The first-order valence-electron chi connectivity index (χ1n) is 13.4. The number of fused-ring (bicyclic) bond motifs is 1. The SMILES string of the molecule is COc1ccc(C(Nc2nc3c(ncn3[C@@H]3O[C@H](CO)[C@@H](C)C3(F)F)c(=O)[nH]2)(c2ccccc2)c2ccccc2)cc1. The summed E-state index contributed by atoms with van der Waals surface area (Å²) in [6, 6.07) is 26.7. The van der Waals surface area contributed by atoms with Gasteiger partial charge in [-0.2, -0.15) is 4.98 Å². The Kier molecular flexibility index (Phi) is 6.99. The normalized spacial score (nSPS) is 20.1. The molecule has 216 valence electrons. The first-order valence-corrected chi connectivity index (χ1v) is 13.4. The van der Waals surface area contributed by atoms with E-state index in [0.29, 0.717) is 5.75 Å². The van der Waals surface area contributed by atoms with Crippen molar-refractivity contribution in [2.24, 2.45) is 5.92 Å². The number of methoxy groups -OCH3 is 1. The second kappa shape index (κ2) is 10.7. The van der Waals surface area contributed by atoms with E-state index in [1.807, 2.05) is 84.9 Å². The van der Waals surface area contributed by atoms with Crippen LogP contribution in [0.25, 0.3) is 11.2 Å². The number of imidazole rings is 1. The van der Waals surface area contributed by atoms with E-state index in [1.54, 1.807) is 7.11 Å². The number of aromatic amines is 1. The minimum absolute atomic E-state index is 0.0332. The third kappa shape index (κ3) is 4.41. The molecule has 1 aliphatic heterocycles. The van der Waals surface area contributed by atoms with Gasteiger partial charge in [0, 0.05) is 0 Å². The van der Waals surface area contributed by atoms with E-state index in [9.17, 15) is 9.90 Å². The van der Waals surface area contributed by atoms with E-state index in [-0.39, 0.29) is 17.1 Å². The third-order valence-electron chi connectivity index (χ3n) is 7.91. The number of aromatic nitrogens is 4. The zero-order chi connectivity index (χ0) is 29.5. The summed E-state index contributed by atoms with van der Waals surface area (Å²) in [4.78, 5) is 24.7. The minimum atomic E-state index is -3.35. The highest BCUT2D eigenvalue weighted by Gasteiger charge is 2.57. The number of nitrogens with zero attached hydrogens (tertiary/aromatic N) is 3. The van der Waals surface area contributed by atoms with Gasteiger partial charge in [-0.15, -0.1) is 0 Å². The van der Waals surface area contributed by atoms with Gasteiger partial charge in [-0.3, -0.25) is 14.3 Å². The Morgan fingerprint density at radius 3 is 2.17 bits per heavy atom. The summed E-state index contributed by atoms with van der Waals surface area (Å²) in [6.07, 6.45) is -1.76. The maximum absolute atomic E-state index is 15.3. The first-order chi connectivity index (χ1) is 20.3. The van der Waals surface area contributed by atoms with E-state index >= 15 is 8.78 Å². The number of aliphatic hydroxyl groups excluding tert-OH is 1. The largest absolute Gasteiger partial charge is 0.497 e. The molecule has 3 aromatic carbocycles. The Hall–Kier alpha value is -4.61. The Morgan fingerprint density at radius 2 is 1.62 bits per heavy atom. The molecule has 0 aliphatic carbocycles. The molecule has 11 heteroatoms. The topological polar surface area (TPSA) is 114 Å². The van der Waals surface area contributed by atoms with Crippen LogP contribution < -0.4 is 15.6 Å². The molecule has 9 nitrogen and oxygen atoms in total. The summed E-state index contributed by atoms with van der Waals surface area (Å²) in [5, 5.41) is 13.1. The molecule has 0 amide bonds. The Labute approximate surface area is 239 Å². The van der Waals surface area contributed by atoms with Crippen LogP contribution in [0.1, 0.15) is 29.8 Å². The van der Waals surface area contributed by atoms with Crippen LogP contribution in [-0.4, -0.2) is 50.4 Å². The number of hydrogen-bond donors (Lipinski definition) is 3. The number of aliphatic hydroxyl groups is 1. The maximum atomic E-state index is 15.3. The number of ether oxygens (including phenoxy) is 2. The summed E-state index contributed by atoms with van der Waals surface area (Å²) in [5.41, 5.74) is 0.594. The van der Waals surface area contributed by atoms with Crippen molar-refractivity contribution in [3.05, 3.63) is 118 Å². The van der Waals surface area contributed by atoms with Crippen LogP contribution in [0.2, 0.25) is 0 Å². The van der Waals surface area contributed by atoms with E-state index in [0.717, 1.165) is 27.6 Å². The third-order valence-corrected chi connectivity index (χ3v) is 7.91. The van der Waals surface area contributed by atoms with E-state index in [1.165, 1.54) is 6.92 Å². The monoisotopic (exact) mass is 573 g/mol. The van der Waals surface area contributed by atoms with Gasteiger partial charge >= 0.3 is 0 Å². The molecule has 0 unspecified atom stereocenters. The molecule has 6 rings (SSSR count). The van der Waals surface area contributed by atoms with Crippen molar-refractivity contribution in [3.63, 3.8) is 0 Å². The molecule has 0 spiro atoms. The lowest BCUT2D eigenvalue weighted by molar-refractivity contribution is -0.123. The number of rotatable bonds is 8. The Bertz CT molecular complexity index is 1700. The van der Waals surface area contributed by atoms with E-state index < -0.39 is 41.9 Å². The molecular weight excluding hydrogens is 544 g/mol. The lowest BCUT2D eigenvalue weighted by atomic mass is 9.77. The summed E-state index contributed by atoms with van der Waals surface area (Å²) < 4.78 is 42.6. The van der Waals surface area contributed by atoms with Crippen molar-refractivity contribution in [1.29, 1.82) is 0 Å².